The third-order valence-corrected chi connectivity index (χ3v) is 17.1. The van der Waals surface area contributed by atoms with E-state index in [1.54, 1.807) is 0 Å². The molecular formula is C56H49BN2S. The van der Waals surface area contributed by atoms with E-state index in [1.807, 2.05) is 11.3 Å². The van der Waals surface area contributed by atoms with E-state index in [4.69, 9.17) is 0 Å². The van der Waals surface area contributed by atoms with Crippen molar-refractivity contribution in [3.63, 3.8) is 0 Å². The summed E-state index contributed by atoms with van der Waals surface area (Å²) in [7, 11) is 0. The topological polar surface area (TPSA) is 6.48 Å². The second-order valence-corrected chi connectivity index (χ2v) is 21.8. The van der Waals surface area contributed by atoms with Gasteiger partial charge in [0.15, 0.2) is 0 Å². The molecule has 2 nitrogen and oxygen atoms in total. The second kappa shape index (κ2) is 11.2. The molecule has 0 saturated carbocycles. The molecule has 13 rings (SSSR count). The molecular weight excluding hydrogens is 744 g/mol. The van der Waals surface area contributed by atoms with Gasteiger partial charge in [-0.1, -0.05) is 152 Å². The Balaban J connectivity index is 1.24. The van der Waals surface area contributed by atoms with Gasteiger partial charge >= 0.3 is 6.85 Å². The Labute approximate surface area is 358 Å². The lowest BCUT2D eigenvalue weighted by Crippen LogP contribution is -2.62. The highest BCUT2D eigenvalue weighted by Crippen LogP contribution is 2.61. The maximum atomic E-state index is 2.83. The van der Waals surface area contributed by atoms with Crippen molar-refractivity contribution >= 4 is 77.7 Å². The number of para-hydroxylation sites is 2. The molecule has 0 fully saturated rings. The first-order valence-corrected chi connectivity index (χ1v) is 22.8. The highest BCUT2D eigenvalue weighted by Gasteiger charge is 2.52. The molecule has 0 saturated heterocycles. The van der Waals surface area contributed by atoms with Crippen LogP contribution in [0.3, 0.4) is 0 Å². The number of thiophene rings is 1. The van der Waals surface area contributed by atoms with Crippen molar-refractivity contribution in [2.24, 2.45) is 0 Å². The van der Waals surface area contributed by atoms with Gasteiger partial charge in [-0.3, -0.25) is 0 Å². The van der Waals surface area contributed by atoms with Crippen molar-refractivity contribution in [1.82, 2.24) is 0 Å². The minimum absolute atomic E-state index is 0.0514. The zero-order chi connectivity index (χ0) is 40.8. The molecule has 0 bridgehead atoms. The maximum Gasteiger partial charge on any atom is 0.333 e. The van der Waals surface area contributed by atoms with Crippen LogP contribution < -0.4 is 20.6 Å². The Bertz CT molecular complexity index is 3250. The van der Waals surface area contributed by atoms with Crippen LogP contribution in [-0.4, -0.2) is 6.85 Å². The number of rotatable bonds is 1. The van der Waals surface area contributed by atoms with Crippen molar-refractivity contribution in [3.05, 3.63) is 161 Å². The van der Waals surface area contributed by atoms with Crippen molar-refractivity contribution < 1.29 is 0 Å². The van der Waals surface area contributed by atoms with E-state index in [9.17, 15) is 0 Å². The number of hydrogen-bond donors (Lipinski definition) is 0. The Morgan fingerprint density at radius 1 is 0.500 bits per heavy atom. The van der Waals surface area contributed by atoms with Gasteiger partial charge in [0, 0.05) is 70.4 Å². The molecule has 0 N–H and O–H groups in total. The van der Waals surface area contributed by atoms with Crippen molar-refractivity contribution in [3.8, 4) is 22.3 Å². The summed E-state index contributed by atoms with van der Waals surface area (Å²) in [5.41, 5.74) is 23.4. The first-order valence-electron chi connectivity index (χ1n) is 22.0. The number of fused-ring (bicyclic) bond motifs is 15. The minimum Gasteiger partial charge on any atom is -0.376 e. The molecule has 2 aliphatic carbocycles. The van der Waals surface area contributed by atoms with E-state index in [0.717, 1.165) is 0 Å². The lowest BCUT2D eigenvalue weighted by molar-refractivity contribution is 0.332. The average molecular weight is 793 g/mol. The number of nitrogens with zero attached hydrogens (tertiary/aromatic N) is 2. The predicted octanol–water partition coefficient (Wildman–Crippen LogP) is 14.1. The largest absolute Gasteiger partial charge is 0.376 e. The third kappa shape index (κ3) is 4.17. The summed E-state index contributed by atoms with van der Waals surface area (Å²) < 4.78 is 2.74. The van der Waals surface area contributed by atoms with Gasteiger partial charge in [0.2, 0.25) is 0 Å². The molecule has 1 aromatic heterocycles. The molecule has 4 heterocycles. The van der Waals surface area contributed by atoms with Gasteiger partial charge in [-0.15, -0.1) is 11.3 Å². The minimum atomic E-state index is -0.180. The Morgan fingerprint density at radius 2 is 1.18 bits per heavy atom. The smallest absolute Gasteiger partial charge is 0.333 e. The molecule has 0 unspecified atom stereocenters. The fraction of sp³-hybridized carbons (Fsp3) is 0.250. The van der Waals surface area contributed by atoms with Gasteiger partial charge in [0.25, 0.3) is 0 Å². The standard InChI is InChI=1S/C56H49BN2S/c1-53(2)28-29-54(3,4)42-30-32(24-26-38(42)53)59-50-35(25-27-40-47(50)34-17-9-11-18-37(34)55(40,5)6)48-49-45(31-36-33-16-10-14-23-46(33)60-52(36)48)58-44-22-13-12-19-39(44)56(7,8)41-20-15-21-43(51(41)58)57(49)59/h9-27,30-31H,28-29H2,1-8H3. The van der Waals surface area contributed by atoms with Crippen molar-refractivity contribution in [2.75, 3.05) is 9.71 Å². The van der Waals surface area contributed by atoms with Crippen LogP contribution in [0.25, 0.3) is 42.4 Å². The summed E-state index contributed by atoms with van der Waals surface area (Å²) in [6.07, 6.45) is 2.38. The van der Waals surface area contributed by atoms with E-state index < -0.39 is 0 Å². The highest BCUT2D eigenvalue weighted by atomic mass is 32.1. The predicted molar refractivity (Wildman–Crippen MR) is 258 cm³/mol. The number of benzene rings is 7. The van der Waals surface area contributed by atoms with Gasteiger partial charge in [0.05, 0.1) is 5.69 Å². The fourth-order valence-corrected chi connectivity index (χ4v) is 13.9. The zero-order valence-corrected chi connectivity index (χ0v) is 36.7. The molecule has 60 heavy (non-hydrogen) atoms. The van der Waals surface area contributed by atoms with Crippen LogP contribution in [0.4, 0.5) is 28.4 Å². The molecule has 292 valence electrons. The van der Waals surface area contributed by atoms with E-state index in [2.05, 4.69) is 192 Å². The van der Waals surface area contributed by atoms with Crippen LogP contribution in [0, 0.1) is 0 Å². The van der Waals surface area contributed by atoms with Crippen LogP contribution in [0.15, 0.2) is 127 Å². The summed E-state index contributed by atoms with van der Waals surface area (Å²) in [6, 6.07) is 49.9. The fourth-order valence-electron chi connectivity index (χ4n) is 12.6. The monoisotopic (exact) mass is 792 g/mol. The number of anilines is 5. The summed E-state index contributed by atoms with van der Waals surface area (Å²) in [4.78, 5) is 5.50. The summed E-state index contributed by atoms with van der Waals surface area (Å²) in [6.45, 7) is 19.5. The molecule has 5 aliphatic rings. The molecule has 0 amide bonds. The Morgan fingerprint density at radius 3 is 2.02 bits per heavy atom. The van der Waals surface area contributed by atoms with Crippen LogP contribution in [-0.2, 0) is 21.7 Å². The molecule has 0 spiro atoms. The summed E-state index contributed by atoms with van der Waals surface area (Å²) in [5.74, 6) is 0. The van der Waals surface area contributed by atoms with Crippen molar-refractivity contribution in [1.29, 1.82) is 0 Å². The maximum absolute atomic E-state index is 2.83. The molecule has 8 aromatic rings. The molecule has 7 aromatic carbocycles. The van der Waals surface area contributed by atoms with Gasteiger partial charge in [-0.25, -0.2) is 0 Å². The van der Waals surface area contributed by atoms with E-state index >= 15 is 0 Å². The van der Waals surface area contributed by atoms with Gasteiger partial charge in [0.1, 0.15) is 0 Å². The normalized spacial score (nSPS) is 18.6. The highest BCUT2D eigenvalue weighted by molar-refractivity contribution is 7.26. The first-order chi connectivity index (χ1) is 28.8. The second-order valence-electron chi connectivity index (χ2n) is 20.7. The van der Waals surface area contributed by atoms with Crippen LogP contribution in [0.2, 0.25) is 0 Å². The number of hydrogen-bond acceptors (Lipinski definition) is 3. The van der Waals surface area contributed by atoms with E-state index in [-0.39, 0.29) is 28.5 Å². The molecule has 4 heteroatoms. The summed E-state index contributed by atoms with van der Waals surface area (Å²) >= 11 is 1.97. The van der Waals surface area contributed by atoms with E-state index in [1.165, 1.54) is 128 Å². The average Bonchev–Trinajstić information content (AvgIpc) is 3.73. The summed E-state index contributed by atoms with van der Waals surface area (Å²) in [5, 5.41) is 2.69. The lowest BCUT2D eigenvalue weighted by atomic mass is 9.42. The Hall–Kier alpha value is -5.58. The Kier molecular flexibility index (Phi) is 6.58. The van der Waals surface area contributed by atoms with E-state index in [0.29, 0.717) is 0 Å². The van der Waals surface area contributed by atoms with Gasteiger partial charge in [-0.2, -0.15) is 0 Å². The third-order valence-electron chi connectivity index (χ3n) is 15.9. The molecule has 0 radical (unpaired) electrons. The zero-order valence-electron chi connectivity index (χ0n) is 35.9. The molecule has 3 aliphatic heterocycles. The van der Waals surface area contributed by atoms with Gasteiger partial charge < -0.3 is 9.71 Å². The van der Waals surface area contributed by atoms with Crippen molar-refractivity contribution in [2.45, 2.75) is 89.9 Å². The van der Waals surface area contributed by atoms with Crippen LogP contribution >= 0.6 is 11.3 Å². The lowest BCUT2D eigenvalue weighted by Gasteiger charge is -2.51. The quantitative estimate of drug-likeness (QED) is 0.153. The first kappa shape index (κ1) is 35.2. The SMILES string of the molecule is CC1(C)CCC(C)(C)c2cc(N3B4c5cccc6c5N(c5ccccc5C6(C)C)c5cc6c(sc7ccccc76)c(c54)-c4ccc5c(c43)-c3ccccc3C5(C)C)ccc21. The van der Waals surface area contributed by atoms with Gasteiger partial charge in [-0.05, 0) is 104 Å². The molecule has 0 atom stereocenters. The van der Waals surface area contributed by atoms with Crippen LogP contribution in [0.5, 0.6) is 0 Å². The van der Waals surface area contributed by atoms with Crippen LogP contribution in [0.1, 0.15) is 102 Å².